The zero-order valence-electron chi connectivity index (χ0n) is 7.97. The minimum absolute atomic E-state index is 0.0169. The van der Waals surface area contributed by atoms with Crippen LogP contribution in [0.1, 0.15) is 15.9 Å². The van der Waals surface area contributed by atoms with Crippen molar-refractivity contribution in [3.8, 4) is 5.75 Å². The molecule has 2 aromatic carbocycles. The summed E-state index contributed by atoms with van der Waals surface area (Å²) in [5.41, 5.74) is 0.973. The Morgan fingerprint density at radius 1 is 1.00 bits per heavy atom. The molecule has 0 saturated carbocycles. The average Bonchev–Trinajstić information content (AvgIpc) is 2.29. The van der Waals surface area contributed by atoms with Crippen molar-refractivity contribution in [3.63, 3.8) is 0 Å². The van der Waals surface area contributed by atoms with Crippen molar-refractivity contribution in [1.29, 1.82) is 0 Å². The molecule has 73 valence electrons. The fraction of sp³-hybridized carbons (Fsp3) is 0. The Morgan fingerprint density at radius 3 is 2.40 bits per heavy atom. The van der Waals surface area contributed by atoms with Crippen molar-refractivity contribution >= 4 is 5.78 Å². The second-order valence-electron chi connectivity index (χ2n) is 3.14. The monoisotopic (exact) mass is 197 g/mol. The summed E-state index contributed by atoms with van der Waals surface area (Å²) in [6.07, 6.45) is 0. The molecule has 2 nitrogen and oxygen atoms in total. The number of hydrogen-bond donors (Lipinski definition) is 1. The molecule has 0 aliphatic carbocycles. The highest BCUT2D eigenvalue weighted by molar-refractivity contribution is 6.08. The summed E-state index contributed by atoms with van der Waals surface area (Å²) >= 11 is 0. The van der Waals surface area contributed by atoms with Gasteiger partial charge in [-0.25, -0.2) is 0 Å². The SMILES string of the molecule is O=C(c1[c]c(O)ccc1)c1ccccc1. The first kappa shape index (κ1) is 9.46. The first-order valence-corrected chi connectivity index (χ1v) is 4.58. The van der Waals surface area contributed by atoms with E-state index >= 15 is 0 Å². The highest BCUT2D eigenvalue weighted by atomic mass is 16.3. The van der Waals surface area contributed by atoms with Gasteiger partial charge in [0.15, 0.2) is 5.78 Å². The number of benzene rings is 2. The number of aromatic hydroxyl groups is 1. The largest absolute Gasteiger partial charge is 0.507 e. The van der Waals surface area contributed by atoms with Crippen molar-refractivity contribution in [2.45, 2.75) is 0 Å². The molecule has 0 unspecified atom stereocenters. The highest BCUT2D eigenvalue weighted by Crippen LogP contribution is 2.13. The van der Waals surface area contributed by atoms with Crippen molar-refractivity contribution in [2.75, 3.05) is 0 Å². The van der Waals surface area contributed by atoms with Gasteiger partial charge in [0.2, 0.25) is 0 Å². The van der Waals surface area contributed by atoms with Crippen molar-refractivity contribution in [2.24, 2.45) is 0 Å². The molecule has 15 heavy (non-hydrogen) atoms. The van der Waals surface area contributed by atoms with Gasteiger partial charge in [-0.3, -0.25) is 4.79 Å². The summed E-state index contributed by atoms with van der Waals surface area (Å²) in [6.45, 7) is 0. The van der Waals surface area contributed by atoms with E-state index in [4.69, 9.17) is 0 Å². The topological polar surface area (TPSA) is 37.3 Å². The van der Waals surface area contributed by atoms with E-state index in [-0.39, 0.29) is 11.5 Å². The minimum atomic E-state index is -0.133. The molecule has 0 amide bonds. The number of carbonyl (C=O) groups excluding carboxylic acids is 1. The van der Waals surface area contributed by atoms with Gasteiger partial charge in [0.05, 0.1) is 0 Å². The molecule has 0 aliphatic rings. The second-order valence-corrected chi connectivity index (χ2v) is 3.14. The van der Waals surface area contributed by atoms with Crippen LogP contribution in [0.15, 0.2) is 48.5 Å². The summed E-state index contributed by atoms with van der Waals surface area (Å²) in [7, 11) is 0. The highest BCUT2D eigenvalue weighted by Gasteiger charge is 2.08. The summed E-state index contributed by atoms with van der Waals surface area (Å²) in [4.78, 5) is 11.9. The molecule has 0 aromatic heterocycles. The predicted molar refractivity (Wildman–Crippen MR) is 56.8 cm³/mol. The molecule has 2 aromatic rings. The molecule has 0 spiro atoms. The fourth-order valence-corrected chi connectivity index (χ4v) is 1.33. The Bertz CT molecular complexity index is 475. The molecule has 1 N–H and O–H groups in total. The lowest BCUT2D eigenvalue weighted by Crippen LogP contribution is -2.00. The zero-order chi connectivity index (χ0) is 10.7. The van der Waals surface area contributed by atoms with Crippen molar-refractivity contribution in [1.82, 2.24) is 0 Å². The van der Waals surface area contributed by atoms with E-state index in [1.54, 1.807) is 36.4 Å². The fourth-order valence-electron chi connectivity index (χ4n) is 1.33. The van der Waals surface area contributed by atoms with Crippen LogP contribution in [0.2, 0.25) is 0 Å². The van der Waals surface area contributed by atoms with E-state index < -0.39 is 0 Å². The lowest BCUT2D eigenvalue weighted by molar-refractivity contribution is 0.103. The van der Waals surface area contributed by atoms with E-state index in [0.717, 1.165) is 0 Å². The molecular weight excluding hydrogens is 188 g/mol. The van der Waals surface area contributed by atoms with Gasteiger partial charge in [0, 0.05) is 17.2 Å². The molecule has 0 saturated heterocycles. The maximum atomic E-state index is 11.9. The smallest absolute Gasteiger partial charge is 0.193 e. The van der Waals surface area contributed by atoms with Crippen LogP contribution < -0.4 is 0 Å². The third-order valence-corrected chi connectivity index (χ3v) is 2.06. The van der Waals surface area contributed by atoms with Gasteiger partial charge in [-0.05, 0) is 6.07 Å². The Kier molecular flexibility index (Phi) is 2.50. The van der Waals surface area contributed by atoms with Gasteiger partial charge >= 0.3 is 0 Å². The number of phenolic OH excluding ortho intramolecular Hbond substituents is 1. The number of rotatable bonds is 2. The molecule has 2 heteroatoms. The Hall–Kier alpha value is -2.09. The van der Waals surface area contributed by atoms with E-state index in [1.807, 2.05) is 6.07 Å². The van der Waals surface area contributed by atoms with Gasteiger partial charge < -0.3 is 5.11 Å². The zero-order valence-corrected chi connectivity index (χ0v) is 7.97. The van der Waals surface area contributed by atoms with E-state index in [1.165, 1.54) is 6.07 Å². The van der Waals surface area contributed by atoms with Crippen LogP contribution in [0.3, 0.4) is 0 Å². The normalized spacial score (nSPS) is 9.87. The van der Waals surface area contributed by atoms with Gasteiger partial charge in [-0.2, -0.15) is 0 Å². The number of ketones is 1. The van der Waals surface area contributed by atoms with Crippen LogP contribution in [-0.4, -0.2) is 10.9 Å². The number of phenols is 1. The van der Waals surface area contributed by atoms with Crippen LogP contribution in [0, 0.1) is 6.07 Å². The molecular formula is C13H9O2. The summed E-state index contributed by atoms with van der Waals surface area (Å²) in [5.74, 6) is -0.150. The second kappa shape index (κ2) is 3.96. The van der Waals surface area contributed by atoms with Crippen LogP contribution in [0.4, 0.5) is 0 Å². The van der Waals surface area contributed by atoms with Gasteiger partial charge in [0.1, 0.15) is 5.75 Å². The number of hydrogen-bond acceptors (Lipinski definition) is 2. The Balaban J connectivity index is 2.37. The van der Waals surface area contributed by atoms with E-state index in [9.17, 15) is 9.90 Å². The third-order valence-electron chi connectivity index (χ3n) is 2.06. The standard InChI is InChI=1S/C13H9O2/c14-12-8-4-7-11(9-12)13(15)10-5-2-1-3-6-10/h1-8,14H. The molecule has 0 fully saturated rings. The predicted octanol–water partition coefficient (Wildman–Crippen LogP) is 2.42. The van der Waals surface area contributed by atoms with Crippen molar-refractivity contribution < 1.29 is 9.90 Å². The lowest BCUT2D eigenvalue weighted by Gasteiger charge is -2.00. The third kappa shape index (κ3) is 2.05. The summed E-state index contributed by atoms with van der Waals surface area (Å²) in [5, 5.41) is 9.20. The summed E-state index contributed by atoms with van der Waals surface area (Å²) < 4.78 is 0. The molecule has 0 atom stereocenters. The minimum Gasteiger partial charge on any atom is -0.507 e. The molecule has 1 radical (unpaired) electrons. The first-order chi connectivity index (χ1) is 7.27. The quantitative estimate of drug-likeness (QED) is 0.751. The van der Waals surface area contributed by atoms with Gasteiger partial charge in [0.25, 0.3) is 0 Å². The number of carbonyl (C=O) groups is 1. The molecule has 0 heterocycles. The van der Waals surface area contributed by atoms with Crippen LogP contribution in [-0.2, 0) is 0 Å². The summed E-state index contributed by atoms with van der Waals surface area (Å²) in [6, 6.07) is 16.3. The Labute approximate surface area is 87.8 Å². The molecule has 0 bridgehead atoms. The van der Waals surface area contributed by atoms with Crippen LogP contribution in [0.5, 0.6) is 5.75 Å². The lowest BCUT2D eigenvalue weighted by atomic mass is 10.0. The first-order valence-electron chi connectivity index (χ1n) is 4.58. The van der Waals surface area contributed by atoms with Crippen molar-refractivity contribution in [3.05, 3.63) is 65.7 Å². The molecule has 0 aliphatic heterocycles. The van der Waals surface area contributed by atoms with E-state index in [2.05, 4.69) is 6.07 Å². The maximum Gasteiger partial charge on any atom is 0.193 e. The van der Waals surface area contributed by atoms with Gasteiger partial charge in [-0.1, -0.05) is 42.5 Å². The van der Waals surface area contributed by atoms with Gasteiger partial charge in [-0.15, -0.1) is 0 Å². The maximum absolute atomic E-state index is 11.9. The van der Waals surface area contributed by atoms with Crippen LogP contribution >= 0.6 is 0 Å². The van der Waals surface area contributed by atoms with E-state index in [0.29, 0.717) is 11.1 Å². The van der Waals surface area contributed by atoms with Crippen LogP contribution in [0.25, 0.3) is 0 Å². The molecule has 2 rings (SSSR count). The Morgan fingerprint density at radius 2 is 1.73 bits per heavy atom. The average molecular weight is 197 g/mol.